The number of allylic oxidation sites excluding steroid dienone is 1. The van der Waals surface area contributed by atoms with Gasteiger partial charge in [0, 0.05) is 6.54 Å². The molecule has 0 amide bonds. The third-order valence-electron chi connectivity index (χ3n) is 3.94. The van der Waals surface area contributed by atoms with Gasteiger partial charge in [0.25, 0.3) is 0 Å². The highest BCUT2D eigenvalue weighted by atomic mass is 15.2. The molecule has 0 aliphatic heterocycles. The molecule has 0 fully saturated rings. The Balaban J connectivity index is 1.96. The van der Waals surface area contributed by atoms with E-state index in [9.17, 15) is 5.26 Å². The lowest BCUT2D eigenvalue weighted by atomic mass is 10.1. The summed E-state index contributed by atoms with van der Waals surface area (Å²) in [6.07, 6.45) is 9.80. The summed E-state index contributed by atoms with van der Waals surface area (Å²) in [5, 5.41) is 20.7. The van der Waals surface area contributed by atoms with Crippen LogP contribution in [0.5, 0.6) is 0 Å². The maximum Gasteiger partial charge on any atom is 0.166 e. The predicted octanol–water partition coefficient (Wildman–Crippen LogP) is 3.66. The van der Waals surface area contributed by atoms with E-state index in [0.717, 1.165) is 24.2 Å². The summed E-state index contributed by atoms with van der Waals surface area (Å²) in [6, 6.07) is 2.22. The summed E-state index contributed by atoms with van der Waals surface area (Å²) < 4.78 is 0. The first-order chi connectivity index (χ1) is 9.72. The lowest BCUT2D eigenvalue weighted by molar-refractivity contribution is 0.703. The van der Waals surface area contributed by atoms with Gasteiger partial charge in [-0.25, -0.2) is 0 Å². The molecule has 1 N–H and O–H groups in total. The first-order valence-electron chi connectivity index (χ1n) is 7.38. The number of hydrogen-bond acceptors (Lipinski definition) is 4. The molecule has 1 aliphatic rings. The first kappa shape index (κ1) is 14.5. The SMILES string of the molecule is Cc1nnc(NCCC2=CCCCCC2)c(C#N)c1C. The van der Waals surface area contributed by atoms with Crippen molar-refractivity contribution in [2.45, 2.75) is 52.4 Å². The molecule has 1 aromatic rings. The highest BCUT2D eigenvalue weighted by Gasteiger charge is 2.10. The lowest BCUT2D eigenvalue weighted by Crippen LogP contribution is -2.09. The van der Waals surface area contributed by atoms with Crippen LogP contribution < -0.4 is 5.32 Å². The fourth-order valence-corrected chi connectivity index (χ4v) is 2.52. The number of hydrogen-bond donors (Lipinski definition) is 1. The van der Waals surface area contributed by atoms with E-state index < -0.39 is 0 Å². The Morgan fingerprint density at radius 3 is 2.90 bits per heavy atom. The third kappa shape index (κ3) is 3.57. The quantitative estimate of drug-likeness (QED) is 0.848. The molecule has 0 saturated heterocycles. The standard InChI is InChI=1S/C16H22N4/c1-12-13(2)19-20-16(15(12)11-17)18-10-9-14-7-5-3-4-6-8-14/h7H,3-6,8-10H2,1-2H3,(H,18,20). The maximum atomic E-state index is 9.24. The molecule has 0 atom stereocenters. The number of aromatic nitrogens is 2. The first-order valence-corrected chi connectivity index (χ1v) is 7.38. The Labute approximate surface area is 120 Å². The molecule has 2 rings (SSSR count). The predicted molar refractivity (Wildman–Crippen MR) is 80.5 cm³/mol. The molecule has 1 heterocycles. The minimum Gasteiger partial charge on any atom is -0.367 e. The molecule has 4 heteroatoms. The van der Waals surface area contributed by atoms with Gasteiger partial charge in [0.15, 0.2) is 5.82 Å². The average molecular weight is 270 g/mol. The second-order valence-electron chi connectivity index (χ2n) is 5.38. The zero-order valence-corrected chi connectivity index (χ0v) is 12.4. The van der Waals surface area contributed by atoms with Crippen LogP contribution in [0.15, 0.2) is 11.6 Å². The maximum absolute atomic E-state index is 9.24. The van der Waals surface area contributed by atoms with E-state index in [0.29, 0.717) is 11.4 Å². The largest absolute Gasteiger partial charge is 0.367 e. The van der Waals surface area contributed by atoms with E-state index in [4.69, 9.17) is 0 Å². The van der Waals surface area contributed by atoms with Crippen LogP contribution in [0.1, 0.15) is 55.3 Å². The van der Waals surface area contributed by atoms with Crippen LogP contribution in [0.3, 0.4) is 0 Å². The van der Waals surface area contributed by atoms with E-state index in [1.807, 2.05) is 13.8 Å². The Morgan fingerprint density at radius 1 is 1.25 bits per heavy atom. The van der Waals surface area contributed by atoms with Crippen LogP contribution in [0, 0.1) is 25.2 Å². The van der Waals surface area contributed by atoms with E-state index in [-0.39, 0.29) is 0 Å². The Morgan fingerprint density at radius 2 is 2.10 bits per heavy atom. The molecule has 1 aromatic heterocycles. The van der Waals surface area contributed by atoms with Gasteiger partial charge in [-0.15, -0.1) is 5.10 Å². The van der Waals surface area contributed by atoms with E-state index in [2.05, 4.69) is 27.7 Å². The van der Waals surface area contributed by atoms with Crippen LogP contribution in [0.4, 0.5) is 5.82 Å². The van der Waals surface area contributed by atoms with Crippen molar-refractivity contribution in [3.8, 4) is 6.07 Å². The van der Waals surface area contributed by atoms with E-state index >= 15 is 0 Å². The average Bonchev–Trinajstić information content (AvgIpc) is 2.72. The van der Waals surface area contributed by atoms with Crippen LogP contribution in [-0.4, -0.2) is 16.7 Å². The van der Waals surface area contributed by atoms with Crippen molar-refractivity contribution < 1.29 is 0 Å². The molecule has 4 nitrogen and oxygen atoms in total. The smallest absolute Gasteiger partial charge is 0.166 e. The van der Waals surface area contributed by atoms with Gasteiger partial charge in [-0.05, 0) is 51.5 Å². The highest BCUT2D eigenvalue weighted by Crippen LogP contribution is 2.21. The molecular formula is C16H22N4. The second-order valence-corrected chi connectivity index (χ2v) is 5.38. The molecular weight excluding hydrogens is 248 g/mol. The van der Waals surface area contributed by atoms with Gasteiger partial charge in [0.05, 0.1) is 5.69 Å². The summed E-state index contributed by atoms with van der Waals surface area (Å²) in [6.45, 7) is 4.61. The Hall–Kier alpha value is -1.89. The molecule has 0 saturated carbocycles. The summed E-state index contributed by atoms with van der Waals surface area (Å²) in [5.41, 5.74) is 3.88. The minimum absolute atomic E-state index is 0.616. The van der Waals surface area contributed by atoms with Crippen LogP contribution in [0.25, 0.3) is 0 Å². The summed E-state index contributed by atoms with van der Waals surface area (Å²) in [4.78, 5) is 0. The topological polar surface area (TPSA) is 61.6 Å². The molecule has 0 spiro atoms. The van der Waals surface area contributed by atoms with Gasteiger partial charge in [-0.1, -0.05) is 18.1 Å². The van der Waals surface area contributed by atoms with Gasteiger partial charge >= 0.3 is 0 Å². The number of nitrogens with zero attached hydrogens (tertiary/aromatic N) is 3. The van der Waals surface area contributed by atoms with Crippen molar-refractivity contribution in [1.82, 2.24) is 10.2 Å². The molecule has 20 heavy (non-hydrogen) atoms. The Kier molecular flexibility index (Phi) is 5.11. The van der Waals surface area contributed by atoms with Crippen molar-refractivity contribution in [3.63, 3.8) is 0 Å². The lowest BCUT2D eigenvalue weighted by Gasteiger charge is -2.10. The number of aryl methyl sites for hydroxylation is 1. The van der Waals surface area contributed by atoms with Gasteiger partial charge in [-0.2, -0.15) is 10.4 Å². The minimum atomic E-state index is 0.616. The summed E-state index contributed by atoms with van der Waals surface area (Å²) in [7, 11) is 0. The van der Waals surface area contributed by atoms with E-state index in [1.165, 1.54) is 37.7 Å². The monoisotopic (exact) mass is 270 g/mol. The van der Waals surface area contributed by atoms with Gasteiger partial charge in [-0.3, -0.25) is 0 Å². The molecule has 0 aromatic carbocycles. The molecule has 106 valence electrons. The van der Waals surface area contributed by atoms with Gasteiger partial charge in [0.1, 0.15) is 11.6 Å². The van der Waals surface area contributed by atoms with Crippen molar-refractivity contribution in [2.24, 2.45) is 0 Å². The zero-order chi connectivity index (χ0) is 14.4. The van der Waals surface area contributed by atoms with E-state index in [1.54, 1.807) is 0 Å². The second kappa shape index (κ2) is 7.04. The molecule has 0 radical (unpaired) electrons. The summed E-state index contributed by atoms with van der Waals surface area (Å²) in [5.74, 6) is 0.616. The van der Waals surface area contributed by atoms with Crippen molar-refractivity contribution >= 4 is 5.82 Å². The molecule has 0 unspecified atom stereocenters. The number of nitrogens with one attached hydrogen (secondary N) is 1. The summed E-state index contributed by atoms with van der Waals surface area (Å²) >= 11 is 0. The highest BCUT2D eigenvalue weighted by molar-refractivity contribution is 5.55. The normalized spacial score (nSPS) is 15.2. The zero-order valence-electron chi connectivity index (χ0n) is 12.4. The molecule has 0 bridgehead atoms. The molecule has 1 aliphatic carbocycles. The van der Waals surface area contributed by atoms with Crippen molar-refractivity contribution in [1.29, 1.82) is 5.26 Å². The number of rotatable bonds is 4. The van der Waals surface area contributed by atoms with Crippen LogP contribution in [-0.2, 0) is 0 Å². The van der Waals surface area contributed by atoms with Crippen molar-refractivity contribution in [3.05, 3.63) is 28.5 Å². The van der Waals surface area contributed by atoms with Gasteiger partial charge in [0.2, 0.25) is 0 Å². The van der Waals surface area contributed by atoms with Gasteiger partial charge < -0.3 is 5.32 Å². The number of anilines is 1. The van der Waals surface area contributed by atoms with Crippen LogP contribution >= 0.6 is 0 Å². The fraction of sp³-hybridized carbons (Fsp3) is 0.562. The van der Waals surface area contributed by atoms with Crippen molar-refractivity contribution in [2.75, 3.05) is 11.9 Å². The van der Waals surface area contributed by atoms with Crippen LogP contribution in [0.2, 0.25) is 0 Å². The third-order valence-corrected chi connectivity index (χ3v) is 3.94. The number of nitriles is 1. The fourth-order valence-electron chi connectivity index (χ4n) is 2.52. The Bertz CT molecular complexity index is 540.